The fourth-order valence-electron chi connectivity index (χ4n) is 1.97. The van der Waals surface area contributed by atoms with Crippen LogP contribution in [-0.4, -0.2) is 14.3 Å². The molecule has 117 valence electrons. The SMILES string of the molecule is CC(C)(C)[NH-].CC1=CC(C)([SiH](C)C)C(C)=C1C.[Cl-].[Cl-].[Zr+3]. The maximum atomic E-state index is 6.94. The Bertz CT molecular complexity index is 340. The van der Waals surface area contributed by atoms with E-state index in [1.54, 1.807) is 5.57 Å². The van der Waals surface area contributed by atoms with Crippen molar-refractivity contribution in [2.45, 2.75) is 72.1 Å². The minimum Gasteiger partial charge on any atom is -1.00 e. The van der Waals surface area contributed by atoms with Gasteiger partial charge >= 0.3 is 26.2 Å². The van der Waals surface area contributed by atoms with Crippen LogP contribution in [0, 0.1) is 0 Å². The molecule has 0 aromatic heterocycles. The van der Waals surface area contributed by atoms with Gasteiger partial charge in [0.05, 0.1) is 0 Å². The van der Waals surface area contributed by atoms with Crippen LogP contribution in [0.25, 0.3) is 5.73 Å². The first-order valence-corrected chi connectivity index (χ1v) is 9.41. The van der Waals surface area contributed by atoms with Gasteiger partial charge in [-0.05, 0) is 31.4 Å². The van der Waals surface area contributed by atoms with Crippen LogP contribution in [0.15, 0.2) is 22.8 Å². The van der Waals surface area contributed by atoms with Crippen LogP contribution in [0.1, 0.15) is 48.5 Å². The predicted molar refractivity (Wildman–Crippen MR) is 83.4 cm³/mol. The normalized spacial score (nSPS) is 21.1. The van der Waals surface area contributed by atoms with Gasteiger partial charge in [-0.15, -0.1) is 5.54 Å². The fraction of sp³-hybridized carbons (Fsp3) is 0.733. The summed E-state index contributed by atoms with van der Waals surface area (Å²) in [5.74, 6) is 0. The maximum Gasteiger partial charge on any atom is 3.00 e. The molecule has 1 rings (SSSR count). The first-order valence-electron chi connectivity index (χ1n) is 6.52. The van der Waals surface area contributed by atoms with Crippen molar-refractivity contribution < 1.29 is 51.0 Å². The summed E-state index contributed by atoms with van der Waals surface area (Å²) in [4.78, 5) is 0. The largest absolute Gasteiger partial charge is 3.00 e. The van der Waals surface area contributed by atoms with Gasteiger partial charge in [-0.3, -0.25) is 0 Å². The Morgan fingerprint density at radius 2 is 1.35 bits per heavy atom. The van der Waals surface area contributed by atoms with Crippen molar-refractivity contribution in [2.24, 2.45) is 0 Å². The predicted octanol–water partition coefficient (Wildman–Crippen LogP) is -0.628. The Kier molecular flexibility index (Phi) is 15.7. The molecule has 1 aliphatic carbocycles. The molecular formula is C15H30Cl2NSiZr. The van der Waals surface area contributed by atoms with Crippen LogP contribution in [0.5, 0.6) is 0 Å². The Hall–Kier alpha value is 1.12. The van der Waals surface area contributed by atoms with Crippen LogP contribution >= 0.6 is 0 Å². The molecule has 1 nitrogen and oxygen atoms in total. The summed E-state index contributed by atoms with van der Waals surface area (Å²) in [5, 5.41) is 0.453. The second kappa shape index (κ2) is 10.8. The van der Waals surface area contributed by atoms with Gasteiger partial charge in [-0.1, -0.05) is 58.0 Å². The first-order chi connectivity index (χ1) is 7.39. The second-order valence-corrected chi connectivity index (χ2v) is 10.3. The van der Waals surface area contributed by atoms with E-state index in [9.17, 15) is 0 Å². The van der Waals surface area contributed by atoms with Gasteiger partial charge in [0.1, 0.15) is 0 Å². The van der Waals surface area contributed by atoms with Crippen molar-refractivity contribution in [2.75, 3.05) is 0 Å². The summed E-state index contributed by atoms with van der Waals surface area (Å²) in [5.41, 5.74) is 11.3. The molecule has 0 bridgehead atoms. The minimum atomic E-state index is -0.607. The molecule has 1 atom stereocenters. The molecule has 0 aromatic rings. The van der Waals surface area contributed by atoms with E-state index in [2.05, 4.69) is 46.9 Å². The molecule has 1 N–H and O–H groups in total. The topological polar surface area (TPSA) is 23.8 Å². The Morgan fingerprint density at radius 3 is 1.45 bits per heavy atom. The number of hydrogen-bond acceptors (Lipinski definition) is 0. The fourth-order valence-corrected chi connectivity index (χ4v) is 3.63. The van der Waals surface area contributed by atoms with Gasteiger partial charge in [0.25, 0.3) is 0 Å². The van der Waals surface area contributed by atoms with E-state index < -0.39 is 8.80 Å². The third-order valence-corrected chi connectivity index (χ3v) is 6.68. The van der Waals surface area contributed by atoms with E-state index in [0.29, 0.717) is 5.04 Å². The summed E-state index contributed by atoms with van der Waals surface area (Å²) >= 11 is 0. The molecule has 1 aliphatic rings. The summed E-state index contributed by atoms with van der Waals surface area (Å²) in [6, 6.07) is 0. The Morgan fingerprint density at radius 1 is 1.05 bits per heavy atom. The average molecular weight is 415 g/mol. The molecule has 0 aromatic carbocycles. The van der Waals surface area contributed by atoms with Gasteiger partial charge in [0.15, 0.2) is 0 Å². The molecule has 0 saturated carbocycles. The zero-order valence-electron chi connectivity index (χ0n) is 14.4. The van der Waals surface area contributed by atoms with Crippen molar-refractivity contribution in [3.05, 3.63) is 28.5 Å². The molecule has 0 amide bonds. The zero-order valence-corrected chi connectivity index (χ0v) is 19.5. The molecule has 20 heavy (non-hydrogen) atoms. The van der Waals surface area contributed by atoms with E-state index in [1.807, 2.05) is 20.8 Å². The molecule has 0 saturated heterocycles. The molecule has 0 fully saturated rings. The Labute approximate surface area is 159 Å². The van der Waals surface area contributed by atoms with E-state index in [4.69, 9.17) is 5.73 Å². The van der Waals surface area contributed by atoms with Crippen LogP contribution in [0.3, 0.4) is 0 Å². The van der Waals surface area contributed by atoms with Crippen molar-refractivity contribution in [3.8, 4) is 0 Å². The van der Waals surface area contributed by atoms with E-state index >= 15 is 0 Å². The van der Waals surface area contributed by atoms with Gasteiger partial charge < -0.3 is 30.5 Å². The van der Waals surface area contributed by atoms with Crippen LogP contribution in [-0.2, 0) is 26.2 Å². The number of hydrogen-bond donors (Lipinski definition) is 0. The van der Waals surface area contributed by atoms with Gasteiger partial charge in [0.2, 0.25) is 0 Å². The number of allylic oxidation sites excluding steroid dienone is 4. The van der Waals surface area contributed by atoms with Crippen molar-refractivity contribution in [1.29, 1.82) is 0 Å². The van der Waals surface area contributed by atoms with E-state index in [0.717, 1.165) is 0 Å². The first kappa shape index (κ1) is 29.2. The van der Waals surface area contributed by atoms with E-state index in [-0.39, 0.29) is 56.6 Å². The van der Waals surface area contributed by atoms with Gasteiger partial charge in [0, 0.05) is 8.80 Å². The van der Waals surface area contributed by atoms with Crippen LogP contribution < -0.4 is 24.8 Å². The quantitative estimate of drug-likeness (QED) is 0.511. The van der Waals surface area contributed by atoms with Crippen molar-refractivity contribution >= 4 is 8.80 Å². The molecule has 1 radical (unpaired) electrons. The van der Waals surface area contributed by atoms with Crippen LogP contribution in [0.4, 0.5) is 0 Å². The zero-order chi connectivity index (χ0) is 14.0. The number of nitrogens with one attached hydrogen (secondary N) is 1. The summed E-state index contributed by atoms with van der Waals surface area (Å²) in [7, 11) is -0.607. The average Bonchev–Trinajstić information content (AvgIpc) is 2.29. The Balaban J connectivity index is -0.000000141. The molecular weight excluding hydrogens is 384 g/mol. The molecule has 5 heteroatoms. The smallest absolute Gasteiger partial charge is 1.00 e. The van der Waals surface area contributed by atoms with Gasteiger partial charge in [-0.2, -0.15) is 0 Å². The molecule has 1 unspecified atom stereocenters. The number of rotatable bonds is 1. The second-order valence-electron chi connectivity index (χ2n) is 6.76. The third-order valence-electron chi connectivity index (χ3n) is 3.68. The van der Waals surface area contributed by atoms with Crippen molar-refractivity contribution in [1.82, 2.24) is 0 Å². The third kappa shape index (κ3) is 9.20. The van der Waals surface area contributed by atoms with Crippen molar-refractivity contribution in [3.63, 3.8) is 0 Å². The molecule has 0 heterocycles. The number of halogens is 2. The van der Waals surface area contributed by atoms with E-state index in [1.165, 1.54) is 11.1 Å². The molecule has 0 spiro atoms. The maximum absolute atomic E-state index is 6.94. The molecule has 0 aliphatic heterocycles. The monoisotopic (exact) mass is 412 g/mol. The summed E-state index contributed by atoms with van der Waals surface area (Å²) in [6.45, 7) is 19.6. The van der Waals surface area contributed by atoms with Gasteiger partial charge in [-0.25, -0.2) is 0 Å². The minimum absolute atomic E-state index is 0. The van der Waals surface area contributed by atoms with Crippen LogP contribution in [0.2, 0.25) is 18.1 Å². The standard InChI is InChI=1S/C11H20Si.C4H10N.2ClH.Zr/c1-8-7-11(4,12(5)6)10(3)9(8)2;1-4(2,3)5;;;/h7,12H,1-6H3;5H,1-3H3;2*1H;/q;-1;;;+3/p-2. The summed E-state index contributed by atoms with van der Waals surface area (Å²) in [6.07, 6.45) is 2.48. The summed E-state index contributed by atoms with van der Waals surface area (Å²) < 4.78 is 0.